The maximum absolute atomic E-state index is 12.8. The fourth-order valence-electron chi connectivity index (χ4n) is 3.86. The summed E-state index contributed by atoms with van der Waals surface area (Å²) in [5.41, 5.74) is 11.4. The first-order chi connectivity index (χ1) is 12.1. The number of nitrogen functional groups attached to an aromatic ring is 1. The van der Waals surface area contributed by atoms with E-state index in [9.17, 15) is 4.79 Å². The predicted octanol–water partition coefficient (Wildman–Crippen LogP) is 4.28. The average Bonchev–Trinajstić information content (AvgIpc) is 2.61. The molecule has 1 aromatic carbocycles. The summed E-state index contributed by atoms with van der Waals surface area (Å²) in [6.07, 6.45) is 5.17. The van der Waals surface area contributed by atoms with Crippen molar-refractivity contribution in [3.63, 3.8) is 0 Å². The minimum atomic E-state index is -0.157. The second-order valence-corrected chi connectivity index (χ2v) is 8.10. The van der Waals surface area contributed by atoms with Crippen molar-refractivity contribution in [1.82, 2.24) is 9.97 Å². The summed E-state index contributed by atoms with van der Waals surface area (Å²) in [6, 6.07) is 8.12. The molecule has 0 aliphatic heterocycles. The van der Waals surface area contributed by atoms with E-state index in [-0.39, 0.29) is 11.7 Å². The monoisotopic (exact) mass is 415 g/mol. The van der Waals surface area contributed by atoms with Gasteiger partial charge in [-0.15, -0.1) is 0 Å². The maximum atomic E-state index is 12.8. The zero-order valence-corrected chi connectivity index (χ0v) is 16.3. The normalized spacial score (nSPS) is 19.6. The quantitative estimate of drug-likeness (QED) is 0.585. The molecule has 0 saturated carbocycles. The second kappa shape index (κ2) is 6.57. The van der Waals surface area contributed by atoms with Gasteiger partial charge in [-0.3, -0.25) is 4.79 Å². The molecule has 0 radical (unpaired) electrons. The van der Waals surface area contributed by atoms with Crippen LogP contribution in [0.2, 0.25) is 0 Å². The summed E-state index contributed by atoms with van der Waals surface area (Å²) in [7, 11) is 0. The van der Waals surface area contributed by atoms with Gasteiger partial charge in [0.15, 0.2) is 10.9 Å². The Morgan fingerprint density at radius 2 is 1.96 bits per heavy atom. The van der Waals surface area contributed by atoms with Crippen molar-refractivity contribution in [2.75, 3.05) is 12.0 Å². The number of fused-ring (bicyclic) bond motifs is 1. The van der Waals surface area contributed by atoms with Crippen molar-refractivity contribution in [1.29, 1.82) is 0 Å². The largest absolute Gasteiger partial charge is 0.383 e. The number of carbonyl (C=O) groups is 1. The van der Waals surface area contributed by atoms with E-state index < -0.39 is 0 Å². The molecule has 6 heteroatoms. The lowest BCUT2D eigenvalue weighted by atomic mass is 9.71. The average molecular weight is 416 g/mol. The van der Waals surface area contributed by atoms with E-state index >= 15 is 0 Å². The zero-order valence-electron chi connectivity index (χ0n) is 13.9. The predicted molar refractivity (Wildman–Crippen MR) is 104 cm³/mol. The highest BCUT2D eigenvalue weighted by atomic mass is 79.9. The summed E-state index contributed by atoms with van der Waals surface area (Å²) < 4.78 is 1.01. The number of carbonyl (C=O) groups excluding carboxylic acids is 1. The number of Topliss-reactive ketones (excluding diaryl/α,β-unsaturated/α-hetero) is 1. The standard InChI is InChI=1S/C19H18BrN3OS/c1-25-19-22-13-9-11-3-2-4-14(24)15(11)16(17(13)18(21)23-19)10-5-7-12(20)8-6-10/h5-8,16H,2-4,9H2,1H3,(H2,21,22,23). The smallest absolute Gasteiger partial charge is 0.189 e. The molecule has 0 saturated heterocycles. The van der Waals surface area contributed by atoms with Crippen molar-refractivity contribution in [2.45, 2.75) is 36.8 Å². The number of allylic oxidation sites excluding steroid dienone is 2. The molecule has 0 spiro atoms. The molecule has 4 rings (SSSR count). The Morgan fingerprint density at radius 3 is 2.68 bits per heavy atom. The third-order valence-electron chi connectivity index (χ3n) is 4.94. The number of anilines is 1. The molecule has 2 aliphatic rings. The van der Waals surface area contributed by atoms with Crippen LogP contribution in [0.15, 0.2) is 45.0 Å². The molecule has 25 heavy (non-hydrogen) atoms. The number of benzene rings is 1. The van der Waals surface area contributed by atoms with E-state index in [2.05, 4.69) is 33.0 Å². The van der Waals surface area contributed by atoms with Crippen molar-refractivity contribution < 1.29 is 4.79 Å². The van der Waals surface area contributed by atoms with Crippen LogP contribution in [0.1, 0.15) is 42.0 Å². The molecule has 2 aromatic rings. The minimum absolute atomic E-state index is 0.157. The van der Waals surface area contributed by atoms with Crippen LogP contribution >= 0.6 is 27.7 Å². The van der Waals surface area contributed by atoms with Crippen LogP contribution < -0.4 is 5.73 Å². The van der Waals surface area contributed by atoms with Gasteiger partial charge in [-0.05, 0) is 36.8 Å². The molecular weight excluding hydrogens is 398 g/mol. The van der Waals surface area contributed by atoms with Gasteiger partial charge in [-0.2, -0.15) is 0 Å². The van der Waals surface area contributed by atoms with E-state index in [0.29, 0.717) is 23.8 Å². The molecular formula is C19H18BrN3OS. The fraction of sp³-hybridized carbons (Fsp3) is 0.316. The van der Waals surface area contributed by atoms with Gasteiger partial charge in [0.05, 0.1) is 5.69 Å². The molecule has 1 heterocycles. The van der Waals surface area contributed by atoms with Crippen LogP contribution in [0.25, 0.3) is 0 Å². The molecule has 1 aromatic heterocycles. The van der Waals surface area contributed by atoms with Gasteiger partial charge >= 0.3 is 0 Å². The van der Waals surface area contributed by atoms with Gasteiger partial charge < -0.3 is 5.73 Å². The lowest BCUT2D eigenvalue weighted by Gasteiger charge is -2.33. The van der Waals surface area contributed by atoms with Crippen LogP contribution in [0.3, 0.4) is 0 Å². The number of aromatic nitrogens is 2. The Kier molecular flexibility index (Phi) is 4.41. The number of rotatable bonds is 2. The van der Waals surface area contributed by atoms with Crippen molar-refractivity contribution in [3.8, 4) is 0 Å². The minimum Gasteiger partial charge on any atom is -0.383 e. The van der Waals surface area contributed by atoms with Gasteiger partial charge in [-0.25, -0.2) is 9.97 Å². The van der Waals surface area contributed by atoms with Crippen LogP contribution in [0, 0.1) is 0 Å². The van der Waals surface area contributed by atoms with Crippen LogP contribution in [0.4, 0.5) is 5.82 Å². The van der Waals surface area contributed by atoms with Crippen molar-refractivity contribution >= 4 is 39.3 Å². The number of hydrogen-bond donors (Lipinski definition) is 1. The third kappa shape index (κ3) is 2.91. The molecule has 1 atom stereocenters. The highest BCUT2D eigenvalue weighted by Crippen LogP contribution is 2.46. The van der Waals surface area contributed by atoms with Gasteiger partial charge in [0, 0.05) is 34.4 Å². The molecule has 1 unspecified atom stereocenters. The zero-order chi connectivity index (χ0) is 17.6. The molecule has 0 amide bonds. The molecule has 2 aliphatic carbocycles. The van der Waals surface area contributed by atoms with E-state index in [1.807, 2.05) is 18.4 Å². The molecule has 128 valence electrons. The molecule has 0 bridgehead atoms. The number of nitrogens with zero attached hydrogens (tertiary/aromatic N) is 2. The summed E-state index contributed by atoms with van der Waals surface area (Å²) in [6.45, 7) is 0. The first-order valence-electron chi connectivity index (χ1n) is 8.29. The van der Waals surface area contributed by atoms with Crippen molar-refractivity contribution in [2.24, 2.45) is 0 Å². The topological polar surface area (TPSA) is 68.9 Å². The van der Waals surface area contributed by atoms with Crippen molar-refractivity contribution in [3.05, 3.63) is 56.7 Å². The highest BCUT2D eigenvalue weighted by molar-refractivity contribution is 9.10. The summed E-state index contributed by atoms with van der Waals surface area (Å²) >= 11 is 4.98. The Bertz CT molecular complexity index is 892. The number of nitrogens with two attached hydrogens (primary N) is 1. The van der Waals surface area contributed by atoms with E-state index in [1.54, 1.807) is 0 Å². The van der Waals surface area contributed by atoms with Crippen LogP contribution in [0.5, 0.6) is 0 Å². The lowest BCUT2D eigenvalue weighted by molar-refractivity contribution is -0.116. The lowest BCUT2D eigenvalue weighted by Crippen LogP contribution is -2.27. The Morgan fingerprint density at radius 1 is 1.20 bits per heavy atom. The molecule has 2 N–H and O–H groups in total. The van der Waals surface area contributed by atoms with Gasteiger partial charge in [0.1, 0.15) is 5.82 Å². The first-order valence-corrected chi connectivity index (χ1v) is 10.3. The summed E-state index contributed by atoms with van der Waals surface area (Å²) in [5, 5.41) is 0.692. The van der Waals surface area contributed by atoms with E-state index in [4.69, 9.17) is 10.7 Å². The fourth-order valence-corrected chi connectivity index (χ4v) is 4.52. The third-order valence-corrected chi connectivity index (χ3v) is 6.02. The number of ketones is 1. The molecule has 0 fully saturated rings. The van der Waals surface area contributed by atoms with E-state index in [1.165, 1.54) is 17.3 Å². The Balaban J connectivity index is 1.96. The first kappa shape index (κ1) is 16.8. The maximum Gasteiger partial charge on any atom is 0.189 e. The number of hydrogen-bond acceptors (Lipinski definition) is 5. The highest BCUT2D eigenvalue weighted by Gasteiger charge is 2.37. The van der Waals surface area contributed by atoms with Gasteiger partial charge in [-0.1, -0.05) is 45.4 Å². The molecule has 4 nitrogen and oxygen atoms in total. The van der Waals surface area contributed by atoms with Gasteiger partial charge in [0.2, 0.25) is 0 Å². The second-order valence-electron chi connectivity index (χ2n) is 6.41. The van der Waals surface area contributed by atoms with E-state index in [0.717, 1.165) is 39.7 Å². The Hall–Kier alpha value is -1.66. The SMILES string of the molecule is CSc1nc(N)c2c(n1)CC1=C(C(=O)CCC1)C2c1ccc(Br)cc1. The number of thioether (sulfide) groups is 1. The van der Waals surface area contributed by atoms with Gasteiger partial charge in [0.25, 0.3) is 0 Å². The number of halogens is 1. The van der Waals surface area contributed by atoms with Crippen LogP contribution in [-0.4, -0.2) is 22.0 Å². The van der Waals surface area contributed by atoms with Crippen LogP contribution in [-0.2, 0) is 11.2 Å². The summed E-state index contributed by atoms with van der Waals surface area (Å²) in [4.78, 5) is 21.9. The summed E-state index contributed by atoms with van der Waals surface area (Å²) in [5.74, 6) is 0.580. The Labute approximate surface area is 159 Å².